The fraction of sp³-hybridized carbons (Fsp3) is 0.412. The van der Waals surface area contributed by atoms with Gasteiger partial charge in [-0.3, -0.25) is 9.59 Å². The van der Waals surface area contributed by atoms with E-state index in [9.17, 15) is 9.59 Å². The summed E-state index contributed by atoms with van der Waals surface area (Å²) in [7, 11) is 0. The standard InChI is InChI=1S/C17H21N3O2S3/c1-12(2)8-9-18-15(22)11-24-17-20-19-16(25-17)23-10-14(21)13-6-4-3-5-7-13/h3-7,12H,8-11H2,1-2H3,(H,18,22). The van der Waals surface area contributed by atoms with Crippen LogP contribution in [0, 0.1) is 5.92 Å². The van der Waals surface area contributed by atoms with E-state index in [1.807, 2.05) is 30.3 Å². The third-order valence-corrected chi connectivity index (χ3v) is 6.37. The molecule has 8 heteroatoms. The van der Waals surface area contributed by atoms with Crippen LogP contribution in [0.2, 0.25) is 0 Å². The average molecular weight is 396 g/mol. The van der Waals surface area contributed by atoms with E-state index in [0.717, 1.165) is 15.1 Å². The van der Waals surface area contributed by atoms with Gasteiger partial charge in [0, 0.05) is 12.1 Å². The average Bonchev–Trinajstić information content (AvgIpc) is 3.06. The van der Waals surface area contributed by atoms with Crippen LogP contribution >= 0.6 is 34.9 Å². The van der Waals surface area contributed by atoms with Crippen LogP contribution in [0.3, 0.4) is 0 Å². The molecule has 0 unspecified atom stereocenters. The Hall–Kier alpha value is -1.38. The first-order chi connectivity index (χ1) is 12.0. The maximum Gasteiger partial charge on any atom is 0.230 e. The van der Waals surface area contributed by atoms with Gasteiger partial charge in [-0.15, -0.1) is 10.2 Å². The van der Waals surface area contributed by atoms with Gasteiger partial charge in [0.25, 0.3) is 0 Å². The molecule has 2 aromatic rings. The molecule has 0 saturated carbocycles. The number of hydrogen-bond acceptors (Lipinski definition) is 7. The zero-order chi connectivity index (χ0) is 18.1. The van der Waals surface area contributed by atoms with E-state index in [0.29, 0.717) is 29.5 Å². The lowest BCUT2D eigenvalue weighted by Crippen LogP contribution is -2.26. The number of nitrogens with zero attached hydrogens (tertiary/aromatic N) is 2. The van der Waals surface area contributed by atoms with Crippen LogP contribution in [0.5, 0.6) is 0 Å². The number of hydrogen-bond donors (Lipinski definition) is 1. The molecule has 1 aromatic carbocycles. The Morgan fingerprint density at radius 2 is 1.72 bits per heavy atom. The van der Waals surface area contributed by atoms with Gasteiger partial charge in [-0.2, -0.15) is 0 Å². The van der Waals surface area contributed by atoms with E-state index in [1.54, 1.807) is 0 Å². The molecular weight excluding hydrogens is 374 g/mol. The molecule has 0 bridgehead atoms. The van der Waals surface area contributed by atoms with Crippen molar-refractivity contribution in [2.45, 2.75) is 28.9 Å². The minimum atomic E-state index is 0.00862. The zero-order valence-electron chi connectivity index (χ0n) is 14.2. The number of nitrogens with one attached hydrogen (secondary N) is 1. The highest BCUT2D eigenvalue weighted by Crippen LogP contribution is 2.29. The maximum absolute atomic E-state index is 12.1. The second kappa shape index (κ2) is 10.6. The molecule has 1 aromatic heterocycles. The number of amides is 1. The zero-order valence-corrected chi connectivity index (χ0v) is 16.7. The molecule has 0 aliphatic carbocycles. The van der Waals surface area contributed by atoms with Crippen molar-refractivity contribution in [3.8, 4) is 0 Å². The van der Waals surface area contributed by atoms with Gasteiger partial charge in [0.05, 0.1) is 11.5 Å². The lowest BCUT2D eigenvalue weighted by molar-refractivity contribution is -0.118. The fourth-order valence-electron chi connectivity index (χ4n) is 1.83. The summed E-state index contributed by atoms with van der Waals surface area (Å²) in [5.74, 6) is 1.32. The first kappa shape index (κ1) is 19.9. The SMILES string of the molecule is CC(C)CCNC(=O)CSc1nnc(SCC(=O)c2ccccc2)s1. The van der Waals surface area contributed by atoms with Gasteiger partial charge in [-0.05, 0) is 12.3 Å². The summed E-state index contributed by atoms with van der Waals surface area (Å²) < 4.78 is 1.49. The first-order valence-corrected chi connectivity index (χ1v) is 10.8. The largest absolute Gasteiger partial charge is 0.355 e. The molecular formula is C17H21N3O2S3. The predicted molar refractivity (Wildman–Crippen MR) is 105 cm³/mol. The van der Waals surface area contributed by atoms with Crippen LogP contribution in [0.25, 0.3) is 0 Å². The smallest absolute Gasteiger partial charge is 0.230 e. The molecule has 0 spiro atoms. The molecule has 1 amide bonds. The van der Waals surface area contributed by atoms with Crippen molar-refractivity contribution in [1.82, 2.24) is 15.5 Å². The highest BCUT2D eigenvalue weighted by atomic mass is 32.2. The molecule has 0 saturated heterocycles. The van der Waals surface area contributed by atoms with Gasteiger partial charge in [-0.25, -0.2) is 0 Å². The van der Waals surface area contributed by atoms with Gasteiger partial charge in [-0.1, -0.05) is 79.0 Å². The van der Waals surface area contributed by atoms with Crippen LogP contribution in [-0.2, 0) is 4.79 Å². The van der Waals surface area contributed by atoms with E-state index >= 15 is 0 Å². The number of carbonyl (C=O) groups excluding carboxylic acids is 2. The molecule has 0 fully saturated rings. The molecule has 5 nitrogen and oxygen atoms in total. The lowest BCUT2D eigenvalue weighted by atomic mass is 10.1. The van der Waals surface area contributed by atoms with Gasteiger partial charge < -0.3 is 5.32 Å². The summed E-state index contributed by atoms with van der Waals surface area (Å²) in [6.07, 6.45) is 0.978. The number of carbonyl (C=O) groups is 2. The van der Waals surface area contributed by atoms with Crippen LogP contribution in [0.1, 0.15) is 30.6 Å². The number of Topliss-reactive ketones (excluding diaryl/α,β-unsaturated/α-hetero) is 1. The Morgan fingerprint density at radius 3 is 2.36 bits per heavy atom. The molecule has 0 aliphatic heterocycles. The highest BCUT2D eigenvalue weighted by molar-refractivity contribution is 8.03. The summed E-state index contributed by atoms with van der Waals surface area (Å²) in [6.45, 7) is 4.96. The molecule has 0 radical (unpaired) electrons. The molecule has 0 atom stereocenters. The number of rotatable bonds is 10. The Kier molecular flexibility index (Phi) is 8.43. The highest BCUT2D eigenvalue weighted by Gasteiger charge is 2.11. The van der Waals surface area contributed by atoms with Crippen molar-refractivity contribution in [2.24, 2.45) is 5.92 Å². The number of benzene rings is 1. The Labute approximate surface area is 160 Å². The third kappa shape index (κ3) is 7.58. The van der Waals surface area contributed by atoms with E-state index in [1.165, 1.54) is 34.9 Å². The monoisotopic (exact) mass is 395 g/mol. The van der Waals surface area contributed by atoms with E-state index in [2.05, 4.69) is 29.4 Å². The molecule has 134 valence electrons. The van der Waals surface area contributed by atoms with Crippen LogP contribution < -0.4 is 5.32 Å². The van der Waals surface area contributed by atoms with Crippen LogP contribution in [0.4, 0.5) is 0 Å². The number of thioether (sulfide) groups is 2. The summed E-state index contributed by atoms with van der Waals surface area (Å²) in [5.41, 5.74) is 0.701. The minimum absolute atomic E-state index is 0.00862. The Bertz CT molecular complexity index is 689. The molecule has 0 aliphatic rings. The Balaban J connectivity index is 1.71. The van der Waals surface area contributed by atoms with Crippen molar-refractivity contribution in [2.75, 3.05) is 18.1 Å². The van der Waals surface area contributed by atoms with Crippen molar-refractivity contribution >= 4 is 46.6 Å². The van der Waals surface area contributed by atoms with Crippen LogP contribution in [-0.4, -0.2) is 39.9 Å². The maximum atomic E-state index is 12.1. The van der Waals surface area contributed by atoms with E-state index < -0.39 is 0 Å². The summed E-state index contributed by atoms with van der Waals surface area (Å²) in [6, 6.07) is 9.20. The third-order valence-electron chi connectivity index (χ3n) is 3.18. The van der Waals surface area contributed by atoms with E-state index in [-0.39, 0.29) is 11.7 Å². The van der Waals surface area contributed by atoms with Crippen molar-refractivity contribution in [1.29, 1.82) is 0 Å². The van der Waals surface area contributed by atoms with Crippen molar-refractivity contribution in [3.63, 3.8) is 0 Å². The van der Waals surface area contributed by atoms with Gasteiger partial charge >= 0.3 is 0 Å². The van der Waals surface area contributed by atoms with Gasteiger partial charge in [0.2, 0.25) is 5.91 Å². The number of aromatic nitrogens is 2. The second-order valence-electron chi connectivity index (χ2n) is 5.73. The van der Waals surface area contributed by atoms with Crippen molar-refractivity contribution < 1.29 is 9.59 Å². The molecule has 1 heterocycles. The molecule has 2 rings (SSSR count). The van der Waals surface area contributed by atoms with Gasteiger partial charge in [0.1, 0.15) is 0 Å². The summed E-state index contributed by atoms with van der Waals surface area (Å²) in [5, 5.41) is 11.0. The summed E-state index contributed by atoms with van der Waals surface area (Å²) in [4.78, 5) is 23.8. The Morgan fingerprint density at radius 1 is 1.08 bits per heavy atom. The minimum Gasteiger partial charge on any atom is -0.355 e. The van der Waals surface area contributed by atoms with Gasteiger partial charge in [0.15, 0.2) is 14.5 Å². The second-order valence-corrected chi connectivity index (χ2v) is 9.16. The lowest BCUT2D eigenvalue weighted by Gasteiger charge is -2.05. The van der Waals surface area contributed by atoms with E-state index in [4.69, 9.17) is 0 Å². The van der Waals surface area contributed by atoms with Crippen molar-refractivity contribution in [3.05, 3.63) is 35.9 Å². The topological polar surface area (TPSA) is 72.0 Å². The first-order valence-electron chi connectivity index (χ1n) is 7.98. The van der Waals surface area contributed by atoms with Crippen LogP contribution in [0.15, 0.2) is 39.0 Å². The molecule has 25 heavy (non-hydrogen) atoms. The quantitative estimate of drug-likeness (QED) is 0.488. The fourth-order valence-corrected chi connectivity index (χ4v) is 4.57. The normalized spacial score (nSPS) is 10.8. The number of ketones is 1. The predicted octanol–water partition coefficient (Wildman–Crippen LogP) is 3.77. The molecule has 1 N–H and O–H groups in total. The summed E-state index contributed by atoms with van der Waals surface area (Å²) >= 11 is 4.16.